The number of carbonyl (C=O) groups excluding carboxylic acids is 1. The average Bonchev–Trinajstić information content (AvgIpc) is 2.56. The molecule has 0 aromatic heterocycles. The number of hydrogen-bond donors (Lipinski definition) is 1. The number of carbonyl (C=O) groups is 1. The Labute approximate surface area is 144 Å². The van der Waals surface area contributed by atoms with E-state index in [1.165, 1.54) is 12.1 Å². The van der Waals surface area contributed by atoms with Crippen LogP contribution >= 0.6 is 0 Å². The smallest absolute Gasteiger partial charge is 0.376 e. The summed E-state index contributed by atoms with van der Waals surface area (Å²) in [5.41, 5.74) is -0.0968. The van der Waals surface area contributed by atoms with Crippen molar-refractivity contribution in [1.29, 1.82) is 0 Å². The fraction of sp³-hybridized carbons (Fsp3) is 0.611. The van der Waals surface area contributed by atoms with E-state index in [2.05, 4.69) is 5.32 Å². The fourth-order valence-corrected chi connectivity index (χ4v) is 3.45. The molecule has 1 aromatic rings. The van der Waals surface area contributed by atoms with Gasteiger partial charge in [-0.2, -0.15) is 13.2 Å². The summed E-state index contributed by atoms with van der Waals surface area (Å²) in [6.45, 7) is 2.52. The Morgan fingerprint density at radius 3 is 2.52 bits per heavy atom. The van der Waals surface area contributed by atoms with Crippen molar-refractivity contribution in [3.05, 3.63) is 35.4 Å². The fourth-order valence-electron chi connectivity index (χ4n) is 3.45. The van der Waals surface area contributed by atoms with Gasteiger partial charge in [-0.15, -0.1) is 0 Å². The summed E-state index contributed by atoms with van der Waals surface area (Å²) in [5, 5.41) is 2.90. The molecular weight excluding hydrogens is 335 g/mol. The molecule has 1 heterocycles. The summed E-state index contributed by atoms with van der Waals surface area (Å²) in [6.07, 6.45) is -1.85. The standard InChI is InChI=1S/C18H22F3NO3/c19-18(20,21)15-4-1-13(2-5-15)3-6-16(23)22-11-14-9-17(10-14)12-24-7-8-25-17/h1-2,4-5,14H,3,6-12H2,(H,22,23). The molecular formula is C18H22F3NO3. The lowest BCUT2D eigenvalue weighted by Crippen LogP contribution is -2.55. The van der Waals surface area contributed by atoms with Gasteiger partial charge in [0.2, 0.25) is 5.91 Å². The molecule has 1 aliphatic heterocycles. The van der Waals surface area contributed by atoms with Gasteiger partial charge in [0.15, 0.2) is 0 Å². The van der Waals surface area contributed by atoms with Crippen molar-refractivity contribution in [2.24, 2.45) is 5.92 Å². The number of hydrogen-bond acceptors (Lipinski definition) is 3. The van der Waals surface area contributed by atoms with E-state index in [4.69, 9.17) is 9.47 Å². The zero-order chi connectivity index (χ0) is 17.9. The predicted octanol–water partition coefficient (Wildman–Crippen LogP) is 2.95. The molecule has 1 saturated carbocycles. The van der Waals surface area contributed by atoms with Crippen LogP contribution in [0.4, 0.5) is 13.2 Å². The van der Waals surface area contributed by atoms with Crippen LogP contribution in [-0.2, 0) is 26.9 Å². The lowest BCUT2D eigenvalue weighted by molar-refractivity contribution is -0.209. The second-order valence-electron chi connectivity index (χ2n) is 6.86. The quantitative estimate of drug-likeness (QED) is 0.881. The number of halogens is 3. The molecule has 3 rings (SSSR count). The Morgan fingerprint density at radius 1 is 1.20 bits per heavy atom. The van der Waals surface area contributed by atoms with Gasteiger partial charge in [-0.25, -0.2) is 0 Å². The van der Waals surface area contributed by atoms with Gasteiger partial charge < -0.3 is 14.8 Å². The van der Waals surface area contributed by atoms with Crippen LogP contribution in [-0.4, -0.2) is 37.9 Å². The highest BCUT2D eigenvalue weighted by Crippen LogP contribution is 2.42. The molecule has 0 bridgehead atoms. The minimum atomic E-state index is -4.33. The van der Waals surface area contributed by atoms with Crippen LogP contribution in [0.3, 0.4) is 0 Å². The molecule has 25 heavy (non-hydrogen) atoms. The first kappa shape index (κ1) is 18.2. The van der Waals surface area contributed by atoms with E-state index < -0.39 is 11.7 Å². The first-order valence-corrected chi connectivity index (χ1v) is 8.51. The number of ether oxygens (including phenoxy) is 2. The van der Waals surface area contributed by atoms with Crippen molar-refractivity contribution in [3.63, 3.8) is 0 Å². The van der Waals surface area contributed by atoms with E-state index in [0.29, 0.717) is 38.7 Å². The highest BCUT2D eigenvalue weighted by atomic mass is 19.4. The molecule has 1 amide bonds. The van der Waals surface area contributed by atoms with Gasteiger partial charge in [-0.1, -0.05) is 12.1 Å². The van der Waals surface area contributed by atoms with Crippen LogP contribution in [0.25, 0.3) is 0 Å². The lowest BCUT2D eigenvalue weighted by atomic mass is 9.71. The number of rotatable bonds is 5. The SMILES string of the molecule is O=C(CCc1ccc(C(F)(F)F)cc1)NCC1CC2(COCCO2)C1. The van der Waals surface area contributed by atoms with Crippen molar-refractivity contribution >= 4 is 5.91 Å². The second-order valence-corrected chi connectivity index (χ2v) is 6.86. The van der Waals surface area contributed by atoms with Crippen LogP contribution in [0, 0.1) is 5.92 Å². The minimum absolute atomic E-state index is 0.0818. The normalized spacial score (nSPS) is 26.3. The molecule has 1 saturated heterocycles. The van der Waals surface area contributed by atoms with E-state index in [9.17, 15) is 18.0 Å². The lowest BCUT2D eigenvalue weighted by Gasteiger charge is -2.49. The summed E-state index contributed by atoms with van der Waals surface area (Å²) in [7, 11) is 0. The minimum Gasteiger partial charge on any atom is -0.376 e. The summed E-state index contributed by atoms with van der Waals surface area (Å²) in [4.78, 5) is 11.9. The Hall–Kier alpha value is -1.60. The molecule has 1 N–H and O–H groups in total. The third-order valence-corrected chi connectivity index (χ3v) is 4.83. The van der Waals surface area contributed by atoms with Crippen LogP contribution in [0.1, 0.15) is 30.4 Å². The van der Waals surface area contributed by atoms with Crippen LogP contribution in [0.2, 0.25) is 0 Å². The number of amides is 1. The van der Waals surface area contributed by atoms with Crippen LogP contribution < -0.4 is 5.32 Å². The summed E-state index contributed by atoms with van der Waals surface area (Å²) >= 11 is 0. The van der Waals surface area contributed by atoms with Crippen molar-refractivity contribution in [3.8, 4) is 0 Å². The van der Waals surface area contributed by atoms with Gasteiger partial charge in [-0.05, 0) is 42.9 Å². The van der Waals surface area contributed by atoms with E-state index in [1.807, 2.05) is 0 Å². The Balaban J connectivity index is 1.35. The zero-order valence-electron chi connectivity index (χ0n) is 13.9. The van der Waals surface area contributed by atoms with E-state index in [0.717, 1.165) is 30.5 Å². The molecule has 0 unspecified atom stereocenters. The Morgan fingerprint density at radius 2 is 1.92 bits per heavy atom. The average molecular weight is 357 g/mol. The molecule has 1 aromatic carbocycles. The van der Waals surface area contributed by atoms with Crippen LogP contribution in [0.15, 0.2) is 24.3 Å². The molecule has 7 heteroatoms. The molecule has 4 nitrogen and oxygen atoms in total. The molecule has 0 atom stereocenters. The summed E-state index contributed by atoms with van der Waals surface area (Å²) in [6, 6.07) is 4.94. The highest BCUT2D eigenvalue weighted by Gasteiger charge is 2.46. The summed E-state index contributed by atoms with van der Waals surface area (Å²) in [5.74, 6) is 0.318. The maximum Gasteiger partial charge on any atom is 0.416 e. The molecule has 2 aliphatic rings. The van der Waals surface area contributed by atoms with Crippen molar-refractivity contribution in [2.45, 2.75) is 37.5 Å². The Bertz CT molecular complexity index is 587. The molecule has 2 fully saturated rings. The number of alkyl halides is 3. The van der Waals surface area contributed by atoms with Crippen LogP contribution in [0.5, 0.6) is 0 Å². The van der Waals surface area contributed by atoms with Gasteiger partial charge in [0.05, 0.1) is 31.0 Å². The van der Waals surface area contributed by atoms with Gasteiger partial charge in [-0.3, -0.25) is 4.79 Å². The first-order valence-electron chi connectivity index (χ1n) is 8.51. The largest absolute Gasteiger partial charge is 0.416 e. The Kier molecular flexibility index (Phi) is 5.34. The van der Waals surface area contributed by atoms with Crippen molar-refractivity contribution < 1.29 is 27.4 Å². The number of aryl methyl sites for hydroxylation is 1. The van der Waals surface area contributed by atoms with Gasteiger partial charge in [0, 0.05) is 13.0 Å². The van der Waals surface area contributed by atoms with E-state index in [-0.39, 0.29) is 17.9 Å². The number of nitrogens with one attached hydrogen (secondary N) is 1. The van der Waals surface area contributed by atoms with Crippen molar-refractivity contribution in [2.75, 3.05) is 26.4 Å². The third kappa shape index (κ3) is 4.73. The predicted molar refractivity (Wildman–Crippen MR) is 85.0 cm³/mol. The van der Waals surface area contributed by atoms with Gasteiger partial charge in [0.1, 0.15) is 0 Å². The topological polar surface area (TPSA) is 47.6 Å². The molecule has 1 spiro atoms. The van der Waals surface area contributed by atoms with E-state index in [1.54, 1.807) is 0 Å². The third-order valence-electron chi connectivity index (χ3n) is 4.83. The maximum atomic E-state index is 12.5. The maximum absolute atomic E-state index is 12.5. The number of benzene rings is 1. The van der Waals surface area contributed by atoms with Gasteiger partial charge in [0.25, 0.3) is 0 Å². The van der Waals surface area contributed by atoms with Gasteiger partial charge >= 0.3 is 6.18 Å². The second kappa shape index (κ2) is 7.33. The molecule has 1 aliphatic carbocycles. The molecule has 0 radical (unpaired) electrons. The zero-order valence-corrected chi connectivity index (χ0v) is 13.9. The highest BCUT2D eigenvalue weighted by molar-refractivity contribution is 5.76. The first-order chi connectivity index (χ1) is 11.9. The monoisotopic (exact) mass is 357 g/mol. The molecule has 138 valence electrons. The van der Waals surface area contributed by atoms with Crippen molar-refractivity contribution in [1.82, 2.24) is 5.32 Å². The summed E-state index contributed by atoms with van der Waals surface area (Å²) < 4.78 is 48.7. The van der Waals surface area contributed by atoms with E-state index >= 15 is 0 Å².